The fraction of sp³-hybridized carbons (Fsp3) is 0.379. The number of hydrogen-bond acceptors (Lipinski definition) is 6. The molecule has 0 fully saturated rings. The van der Waals surface area contributed by atoms with E-state index >= 15 is 0 Å². The number of aliphatic hydroxyl groups is 1. The van der Waals surface area contributed by atoms with E-state index in [1.165, 1.54) is 6.08 Å². The summed E-state index contributed by atoms with van der Waals surface area (Å²) in [6, 6.07) is 10.8. The summed E-state index contributed by atoms with van der Waals surface area (Å²) in [6.07, 6.45) is 10.0. The van der Waals surface area contributed by atoms with Gasteiger partial charge in [-0.15, -0.1) is 6.07 Å². The van der Waals surface area contributed by atoms with Crippen molar-refractivity contribution >= 4 is 27.8 Å². The van der Waals surface area contributed by atoms with Gasteiger partial charge in [-0.1, -0.05) is 27.7 Å². The van der Waals surface area contributed by atoms with Crippen molar-refractivity contribution in [3.63, 3.8) is 0 Å². The van der Waals surface area contributed by atoms with Crippen LogP contribution in [-0.4, -0.2) is 25.8 Å². The van der Waals surface area contributed by atoms with Crippen LogP contribution >= 0.6 is 0 Å². The molecule has 0 bridgehead atoms. The molecule has 0 atom stereocenters. The predicted octanol–water partition coefficient (Wildman–Crippen LogP) is 7.41. The zero-order valence-electron chi connectivity index (χ0n) is 21.5. The molecule has 4 aromatic heterocycles. The number of aromatic nitrogens is 3. The van der Waals surface area contributed by atoms with Crippen molar-refractivity contribution in [1.82, 2.24) is 15.0 Å². The van der Waals surface area contributed by atoms with Gasteiger partial charge in [0.2, 0.25) is 0 Å². The average Bonchev–Trinajstić information content (AvgIpc) is 3.27. The normalized spacial score (nSPS) is 11.5. The third-order valence-electron chi connectivity index (χ3n) is 6.30. The van der Waals surface area contributed by atoms with E-state index in [0.717, 1.165) is 64.7 Å². The van der Waals surface area contributed by atoms with Crippen molar-refractivity contribution in [3.05, 3.63) is 66.5 Å². The van der Waals surface area contributed by atoms with Gasteiger partial charge in [0.25, 0.3) is 0 Å². The molecule has 7 heteroatoms. The van der Waals surface area contributed by atoms with Gasteiger partial charge in [-0.3, -0.25) is 14.8 Å². The SMILES string of the molecule is CCC(CC)C(=O)/C=C(\O)C(CC)CC.Cc1cc2c(-c3[c-]cncc3)nc3cccnc3c2o1.[Ir]. The van der Waals surface area contributed by atoms with Crippen molar-refractivity contribution in [3.8, 4) is 11.3 Å². The van der Waals surface area contributed by atoms with E-state index in [-0.39, 0.29) is 43.5 Å². The van der Waals surface area contributed by atoms with Crippen LogP contribution in [0, 0.1) is 24.8 Å². The van der Waals surface area contributed by atoms with Gasteiger partial charge < -0.3 is 14.5 Å². The molecular weight excluding hydrogens is 631 g/mol. The quantitative estimate of drug-likeness (QED) is 0.120. The Hall–Kier alpha value is -2.89. The van der Waals surface area contributed by atoms with Crippen LogP contribution in [0.3, 0.4) is 0 Å². The van der Waals surface area contributed by atoms with E-state index in [1.807, 2.05) is 58.9 Å². The number of ketones is 1. The third-order valence-corrected chi connectivity index (χ3v) is 6.30. The maximum atomic E-state index is 11.7. The molecule has 0 aliphatic carbocycles. The van der Waals surface area contributed by atoms with Crippen LogP contribution in [0.25, 0.3) is 33.3 Å². The molecule has 193 valence electrons. The number of hydrogen-bond donors (Lipinski definition) is 1. The van der Waals surface area contributed by atoms with Gasteiger partial charge in [0.05, 0.1) is 11.3 Å². The minimum Gasteiger partial charge on any atom is -0.512 e. The monoisotopic (exact) mass is 665 g/mol. The standard InChI is InChI=1S/C16H10N3O.C13H24O2.Ir/c1-10-9-12-14(11-4-7-17-8-5-11)19-13-3-2-6-18-15(13)16(12)20-10;1-5-10(6-2)12(14)9-13(15)11(7-3)8-4;/h2-4,6-9H,1H3;9-11,14H,5-8H2,1-4H3;/q-1;;/b;12-9-;. The van der Waals surface area contributed by atoms with Crippen molar-refractivity contribution in [1.29, 1.82) is 0 Å². The first-order valence-electron chi connectivity index (χ1n) is 12.3. The molecule has 4 aromatic rings. The Bertz CT molecular complexity index is 1290. The van der Waals surface area contributed by atoms with E-state index in [0.29, 0.717) is 0 Å². The number of nitrogens with zero attached hydrogens (tertiary/aromatic N) is 3. The first kappa shape index (κ1) is 29.3. The maximum Gasteiger partial charge on any atom is 0.162 e. The summed E-state index contributed by atoms with van der Waals surface area (Å²) in [5, 5.41) is 10.7. The molecule has 4 rings (SSSR count). The predicted molar refractivity (Wildman–Crippen MR) is 140 cm³/mol. The second-order valence-corrected chi connectivity index (χ2v) is 8.58. The number of carbonyl (C=O) groups excluding carboxylic acids is 1. The number of pyridine rings is 3. The summed E-state index contributed by atoms with van der Waals surface area (Å²) in [6.45, 7) is 10.00. The molecule has 0 aliphatic heterocycles. The smallest absolute Gasteiger partial charge is 0.162 e. The Morgan fingerprint density at radius 2 is 1.78 bits per heavy atom. The minimum absolute atomic E-state index is 0. The molecule has 0 unspecified atom stereocenters. The summed E-state index contributed by atoms with van der Waals surface area (Å²) < 4.78 is 5.81. The topological polar surface area (TPSA) is 89.1 Å². The summed E-state index contributed by atoms with van der Waals surface area (Å²) in [4.78, 5) is 24.8. The van der Waals surface area contributed by atoms with Crippen LogP contribution < -0.4 is 0 Å². The van der Waals surface area contributed by atoms with Crippen molar-refractivity contribution in [2.45, 2.75) is 60.3 Å². The number of rotatable bonds is 8. The van der Waals surface area contributed by atoms with Crippen LogP contribution in [0.4, 0.5) is 0 Å². The van der Waals surface area contributed by atoms with E-state index in [9.17, 15) is 9.90 Å². The van der Waals surface area contributed by atoms with Gasteiger partial charge in [-0.25, -0.2) is 0 Å². The van der Waals surface area contributed by atoms with Crippen LogP contribution in [-0.2, 0) is 24.9 Å². The van der Waals surface area contributed by atoms with Gasteiger partial charge in [0.1, 0.15) is 11.3 Å². The van der Waals surface area contributed by atoms with E-state index < -0.39 is 0 Å². The Labute approximate surface area is 226 Å². The number of fused-ring (bicyclic) bond motifs is 3. The third kappa shape index (κ3) is 6.86. The van der Waals surface area contributed by atoms with Gasteiger partial charge in [0, 0.05) is 44.2 Å². The molecule has 36 heavy (non-hydrogen) atoms. The number of aliphatic hydroxyl groups excluding tert-OH is 1. The summed E-state index contributed by atoms with van der Waals surface area (Å²) in [5.41, 5.74) is 4.12. The Morgan fingerprint density at radius 1 is 1.08 bits per heavy atom. The fourth-order valence-corrected chi connectivity index (χ4v) is 4.16. The molecular formula is C29H34IrN3O3-. The second kappa shape index (κ2) is 14.0. The number of aryl methyl sites for hydroxylation is 1. The first-order valence-corrected chi connectivity index (χ1v) is 12.3. The molecule has 0 spiro atoms. The van der Waals surface area contributed by atoms with E-state index in [4.69, 9.17) is 9.40 Å². The molecule has 0 aromatic carbocycles. The second-order valence-electron chi connectivity index (χ2n) is 8.58. The summed E-state index contributed by atoms with van der Waals surface area (Å²) >= 11 is 0. The Kier molecular flexibility index (Phi) is 11.4. The van der Waals surface area contributed by atoms with Crippen molar-refractivity contribution < 1.29 is 34.4 Å². The molecule has 0 saturated heterocycles. The van der Waals surface area contributed by atoms with Crippen LogP contribution in [0.1, 0.15) is 59.1 Å². The number of allylic oxidation sites excluding steroid dienone is 2. The Morgan fingerprint density at radius 3 is 2.39 bits per heavy atom. The molecule has 6 nitrogen and oxygen atoms in total. The minimum atomic E-state index is 0. The molecule has 0 saturated carbocycles. The molecule has 1 N–H and O–H groups in total. The van der Waals surface area contributed by atoms with Gasteiger partial charge in [-0.2, -0.15) is 11.6 Å². The van der Waals surface area contributed by atoms with Gasteiger partial charge in [0.15, 0.2) is 11.4 Å². The first-order chi connectivity index (χ1) is 16.9. The average molecular weight is 665 g/mol. The molecule has 1 radical (unpaired) electrons. The zero-order chi connectivity index (χ0) is 25.4. The van der Waals surface area contributed by atoms with E-state index in [1.54, 1.807) is 18.6 Å². The van der Waals surface area contributed by atoms with Crippen LogP contribution in [0.15, 0.2) is 59.1 Å². The molecule has 0 amide bonds. The molecule has 4 heterocycles. The van der Waals surface area contributed by atoms with E-state index in [2.05, 4.69) is 16.0 Å². The van der Waals surface area contributed by atoms with Gasteiger partial charge >= 0.3 is 0 Å². The number of furan rings is 1. The van der Waals surface area contributed by atoms with Crippen LogP contribution in [0.5, 0.6) is 0 Å². The van der Waals surface area contributed by atoms with Crippen molar-refractivity contribution in [2.24, 2.45) is 11.8 Å². The number of carbonyl (C=O) groups is 1. The Balaban J connectivity index is 0.000000260. The molecule has 0 aliphatic rings. The largest absolute Gasteiger partial charge is 0.512 e. The maximum absolute atomic E-state index is 11.7. The fourth-order valence-electron chi connectivity index (χ4n) is 4.16. The summed E-state index contributed by atoms with van der Waals surface area (Å²) in [7, 11) is 0. The van der Waals surface area contributed by atoms with Gasteiger partial charge in [-0.05, 0) is 74.3 Å². The summed E-state index contributed by atoms with van der Waals surface area (Å²) in [5.74, 6) is 1.39. The van der Waals surface area contributed by atoms with Crippen molar-refractivity contribution in [2.75, 3.05) is 0 Å². The zero-order valence-corrected chi connectivity index (χ0v) is 23.9. The van der Waals surface area contributed by atoms with Crippen LogP contribution in [0.2, 0.25) is 0 Å².